The Kier molecular flexibility index (Phi) is 6.06. The standard InChI is InChI=1S/C15H20O4/c1-3-11(2)19-15(18)13(14(16)17)10-9-12-7-5-4-6-8-12/h4-8,11,13H,3,9-10H2,1-2H3,(H,16,17). The zero-order valence-corrected chi connectivity index (χ0v) is 11.3. The lowest BCUT2D eigenvalue weighted by atomic mass is 9.99. The summed E-state index contributed by atoms with van der Waals surface area (Å²) in [5, 5.41) is 9.11. The van der Waals surface area contributed by atoms with E-state index in [1.165, 1.54) is 0 Å². The number of esters is 1. The molecule has 0 amide bonds. The highest BCUT2D eigenvalue weighted by Gasteiger charge is 2.28. The van der Waals surface area contributed by atoms with Gasteiger partial charge < -0.3 is 9.84 Å². The molecule has 0 aromatic heterocycles. The molecule has 2 atom stereocenters. The quantitative estimate of drug-likeness (QED) is 0.607. The molecule has 1 N–H and O–H groups in total. The molecule has 0 aliphatic carbocycles. The summed E-state index contributed by atoms with van der Waals surface area (Å²) in [7, 11) is 0. The van der Waals surface area contributed by atoms with E-state index >= 15 is 0 Å². The van der Waals surface area contributed by atoms with Crippen molar-refractivity contribution in [2.45, 2.75) is 39.2 Å². The Morgan fingerprint density at radius 3 is 2.42 bits per heavy atom. The molecule has 1 aromatic rings. The molecule has 0 spiro atoms. The predicted molar refractivity (Wildman–Crippen MR) is 71.7 cm³/mol. The summed E-state index contributed by atoms with van der Waals surface area (Å²) < 4.78 is 5.09. The van der Waals surface area contributed by atoms with Crippen molar-refractivity contribution in [3.05, 3.63) is 35.9 Å². The van der Waals surface area contributed by atoms with E-state index < -0.39 is 17.9 Å². The van der Waals surface area contributed by atoms with E-state index in [0.29, 0.717) is 12.8 Å². The largest absolute Gasteiger partial charge is 0.481 e. The maximum atomic E-state index is 11.8. The van der Waals surface area contributed by atoms with Crippen LogP contribution in [-0.2, 0) is 20.7 Å². The van der Waals surface area contributed by atoms with Gasteiger partial charge in [0.1, 0.15) is 0 Å². The van der Waals surface area contributed by atoms with Crippen LogP contribution >= 0.6 is 0 Å². The summed E-state index contributed by atoms with van der Waals surface area (Å²) in [5.41, 5.74) is 1.02. The number of hydrogen-bond donors (Lipinski definition) is 1. The number of carboxylic acid groups (broad SMARTS) is 1. The van der Waals surface area contributed by atoms with Crippen LogP contribution in [0.5, 0.6) is 0 Å². The number of carbonyl (C=O) groups excluding carboxylic acids is 1. The SMILES string of the molecule is CCC(C)OC(=O)C(CCc1ccccc1)C(=O)O. The first-order valence-corrected chi connectivity index (χ1v) is 6.51. The van der Waals surface area contributed by atoms with Crippen LogP contribution in [0.25, 0.3) is 0 Å². The van der Waals surface area contributed by atoms with Gasteiger partial charge in [-0.2, -0.15) is 0 Å². The Hall–Kier alpha value is -1.84. The number of hydrogen-bond acceptors (Lipinski definition) is 3. The Balaban J connectivity index is 2.58. The van der Waals surface area contributed by atoms with Crippen LogP contribution in [0.1, 0.15) is 32.3 Å². The molecule has 19 heavy (non-hydrogen) atoms. The zero-order chi connectivity index (χ0) is 14.3. The molecule has 0 aliphatic heterocycles. The number of aliphatic carboxylic acids is 1. The third-order valence-electron chi connectivity index (χ3n) is 3.04. The van der Waals surface area contributed by atoms with Gasteiger partial charge in [-0.25, -0.2) is 0 Å². The molecule has 0 fully saturated rings. The Morgan fingerprint density at radius 2 is 1.89 bits per heavy atom. The fourth-order valence-electron chi connectivity index (χ4n) is 1.66. The van der Waals surface area contributed by atoms with Crippen molar-refractivity contribution in [3.8, 4) is 0 Å². The second-order valence-corrected chi connectivity index (χ2v) is 4.57. The lowest BCUT2D eigenvalue weighted by Crippen LogP contribution is -2.29. The molecule has 0 saturated heterocycles. The smallest absolute Gasteiger partial charge is 0.320 e. The number of rotatable bonds is 7. The van der Waals surface area contributed by atoms with Gasteiger partial charge in [0.05, 0.1) is 6.10 Å². The van der Waals surface area contributed by atoms with E-state index in [1.807, 2.05) is 37.3 Å². The monoisotopic (exact) mass is 264 g/mol. The fourth-order valence-corrected chi connectivity index (χ4v) is 1.66. The molecule has 2 unspecified atom stereocenters. The van der Waals surface area contributed by atoms with Gasteiger partial charge in [-0.15, -0.1) is 0 Å². The Bertz CT molecular complexity index is 413. The molecular formula is C15H20O4. The van der Waals surface area contributed by atoms with Crippen LogP contribution in [0.15, 0.2) is 30.3 Å². The van der Waals surface area contributed by atoms with E-state index in [0.717, 1.165) is 5.56 Å². The van der Waals surface area contributed by atoms with Crippen LogP contribution < -0.4 is 0 Å². The van der Waals surface area contributed by atoms with Gasteiger partial charge in [0.2, 0.25) is 0 Å². The summed E-state index contributed by atoms with van der Waals surface area (Å²) in [5.74, 6) is -2.85. The minimum Gasteiger partial charge on any atom is -0.481 e. The van der Waals surface area contributed by atoms with Gasteiger partial charge in [-0.3, -0.25) is 9.59 Å². The van der Waals surface area contributed by atoms with Crippen LogP contribution in [0, 0.1) is 5.92 Å². The fraction of sp³-hybridized carbons (Fsp3) is 0.467. The Labute approximate surface area is 113 Å². The summed E-state index contributed by atoms with van der Waals surface area (Å²) in [6.45, 7) is 3.64. The number of carbonyl (C=O) groups is 2. The molecule has 0 radical (unpaired) electrons. The van der Waals surface area contributed by atoms with Crippen molar-refractivity contribution in [3.63, 3.8) is 0 Å². The lowest BCUT2D eigenvalue weighted by molar-refractivity contribution is -0.162. The van der Waals surface area contributed by atoms with Crippen LogP contribution in [0.4, 0.5) is 0 Å². The highest BCUT2D eigenvalue weighted by Crippen LogP contribution is 2.13. The highest BCUT2D eigenvalue weighted by molar-refractivity contribution is 5.93. The minimum absolute atomic E-state index is 0.244. The van der Waals surface area contributed by atoms with Gasteiger partial charge in [0.25, 0.3) is 0 Å². The average Bonchev–Trinajstić information content (AvgIpc) is 2.39. The van der Waals surface area contributed by atoms with Gasteiger partial charge in [0.15, 0.2) is 5.92 Å². The van der Waals surface area contributed by atoms with Crippen molar-refractivity contribution in [2.75, 3.05) is 0 Å². The average molecular weight is 264 g/mol. The highest BCUT2D eigenvalue weighted by atomic mass is 16.5. The molecule has 4 heteroatoms. The maximum absolute atomic E-state index is 11.8. The summed E-state index contributed by atoms with van der Waals surface area (Å²) in [6.07, 6.45) is 1.24. The van der Waals surface area contributed by atoms with Crippen molar-refractivity contribution in [1.82, 2.24) is 0 Å². The first-order valence-electron chi connectivity index (χ1n) is 6.51. The van der Waals surface area contributed by atoms with E-state index in [1.54, 1.807) is 6.92 Å². The molecule has 1 rings (SSSR count). The van der Waals surface area contributed by atoms with E-state index in [4.69, 9.17) is 9.84 Å². The van der Waals surface area contributed by atoms with Crippen molar-refractivity contribution in [1.29, 1.82) is 0 Å². The minimum atomic E-state index is -1.12. The third-order valence-corrected chi connectivity index (χ3v) is 3.04. The van der Waals surface area contributed by atoms with Crippen LogP contribution in [0.2, 0.25) is 0 Å². The van der Waals surface area contributed by atoms with Crippen molar-refractivity contribution < 1.29 is 19.4 Å². The number of benzene rings is 1. The van der Waals surface area contributed by atoms with Gasteiger partial charge in [0, 0.05) is 0 Å². The lowest BCUT2D eigenvalue weighted by Gasteiger charge is -2.15. The molecule has 0 saturated carbocycles. The van der Waals surface area contributed by atoms with Crippen LogP contribution in [-0.4, -0.2) is 23.1 Å². The van der Waals surface area contributed by atoms with Crippen molar-refractivity contribution >= 4 is 11.9 Å². The van der Waals surface area contributed by atoms with Gasteiger partial charge in [-0.05, 0) is 31.7 Å². The molecule has 0 aliphatic rings. The van der Waals surface area contributed by atoms with Crippen LogP contribution in [0.3, 0.4) is 0 Å². The zero-order valence-electron chi connectivity index (χ0n) is 11.3. The second-order valence-electron chi connectivity index (χ2n) is 4.57. The van der Waals surface area contributed by atoms with Gasteiger partial charge >= 0.3 is 11.9 Å². The number of carboxylic acids is 1. The maximum Gasteiger partial charge on any atom is 0.320 e. The van der Waals surface area contributed by atoms with Gasteiger partial charge in [-0.1, -0.05) is 37.3 Å². The van der Waals surface area contributed by atoms with E-state index in [-0.39, 0.29) is 12.5 Å². The summed E-state index contributed by atoms with van der Waals surface area (Å²) >= 11 is 0. The predicted octanol–water partition coefficient (Wildman–Crippen LogP) is 2.66. The van der Waals surface area contributed by atoms with E-state index in [2.05, 4.69) is 0 Å². The molecule has 104 valence electrons. The molecular weight excluding hydrogens is 244 g/mol. The Morgan fingerprint density at radius 1 is 1.26 bits per heavy atom. The summed E-state index contributed by atoms with van der Waals surface area (Å²) in [4.78, 5) is 22.9. The van der Waals surface area contributed by atoms with E-state index in [9.17, 15) is 9.59 Å². The van der Waals surface area contributed by atoms with Crippen molar-refractivity contribution in [2.24, 2.45) is 5.92 Å². The summed E-state index contributed by atoms with van der Waals surface area (Å²) in [6, 6.07) is 9.51. The number of ether oxygens (including phenoxy) is 1. The molecule has 0 bridgehead atoms. The first-order chi connectivity index (χ1) is 9.04. The molecule has 1 aromatic carbocycles. The third kappa shape index (κ3) is 5.12. The topological polar surface area (TPSA) is 63.6 Å². The first kappa shape index (κ1) is 15.2. The normalized spacial score (nSPS) is 13.6. The number of aryl methyl sites for hydroxylation is 1. The molecule has 4 nitrogen and oxygen atoms in total. The molecule has 0 heterocycles. The second kappa shape index (κ2) is 7.56.